The quantitative estimate of drug-likeness (QED) is 0.788. The molecule has 6 heteroatoms. The molecule has 1 aliphatic rings. The van der Waals surface area contributed by atoms with Crippen LogP contribution in [-0.4, -0.2) is 21.5 Å². The first-order valence-electron chi connectivity index (χ1n) is 5.86. The Bertz CT molecular complexity index is 567. The van der Waals surface area contributed by atoms with Gasteiger partial charge in [-0.3, -0.25) is 0 Å². The van der Waals surface area contributed by atoms with E-state index in [4.69, 9.17) is 10.9 Å². The van der Waals surface area contributed by atoms with Gasteiger partial charge in [0.1, 0.15) is 4.90 Å². The van der Waals surface area contributed by atoms with Gasteiger partial charge >= 0.3 is 0 Å². The maximum atomic E-state index is 11.3. The van der Waals surface area contributed by atoms with Gasteiger partial charge in [-0.15, -0.1) is 0 Å². The fourth-order valence-electron chi connectivity index (χ4n) is 2.32. The van der Waals surface area contributed by atoms with Crippen LogP contribution >= 0.6 is 0 Å². The average molecular weight is 269 g/mol. The van der Waals surface area contributed by atoms with Gasteiger partial charge in [-0.1, -0.05) is 13.8 Å². The van der Waals surface area contributed by atoms with E-state index in [9.17, 15) is 8.42 Å². The Morgan fingerprint density at radius 3 is 2.44 bits per heavy atom. The largest absolute Gasteiger partial charge is 0.398 e. The molecule has 0 radical (unpaired) electrons. The molecule has 0 unspecified atom stereocenters. The van der Waals surface area contributed by atoms with Gasteiger partial charge < -0.3 is 10.6 Å². The van der Waals surface area contributed by atoms with Crippen LogP contribution in [0.3, 0.4) is 0 Å². The highest BCUT2D eigenvalue weighted by Crippen LogP contribution is 2.34. The molecule has 0 spiro atoms. The van der Waals surface area contributed by atoms with Crippen LogP contribution in [0.25, 0.3) is 0 Å². The van der Waals surface area contributed by atoms with Crippen LogP contribution in [0.2, 0.25) is 0 Å². The minimum absolute atomic E-state index is 0.00953. The smallest absolute Gasteiger partial charge is 0.240 e. The zero-order chi connectivity index (χ0) is 13.6. The lowest BCUT2D eigenvalue weighted by Gasteiger charge is -2.22. The predicted octanol–water partition coefficient (Wildman–Crippen LogP) is 1.15. The fourth-order valence-corrected chi connectivity index (χ4v) is 2.97. The van der Waals surface area contributed by atoms with Gasteiger partial charge in [-0.2, -0.15) is 0 Å². The van der Waals surface area contributed by atoms with Gasteiger partial charge in [-0.05, 0) is 30.0 Å². The van der Waals surface area contributed by atoms with E-state index in [-0.39, 0.29) is 16.0 Å². The summed E-state index contributed by atoms with van der Waals surface area (Å²) in [5.74, 6) is 0. The average Bonchev–Trinajstić information content (AvgIpc) is 2.56. The summed E-state index contributed by atoms with van der Waals surface area (Å²) in [5, 5.41) is 5.08. The Morgan fingerprint density at radius 1 is 1.33 bits per heavy atom. The van der Waals surface area contributed by atoms with Crippen LogP contribution in [0.4, 0.5) is 11.4 Å². The fraction of sp³-hybridized carbons (Fsp3) is 0.500. The van der Waals surface area contributed by atoms with Crippen molar-refractivity contribution in [2.24, 2.45) is 10.6 Å². The first-order chi connectivity index (χ1) is 8.19. The second kappa shape index (κ2) is 4.13. The summed E-state index contributed by atoms with van der Waals surface area (Å²) in [7, 11) is -3.74. The number of anilines is 2. The highest BCUT2D eigenvalue weighted by atomic mass is 32.2. The Balaban J connectivity index is 2.31. The highest BCUT2D eigenvalue weighted by molar-refractivity contribution is 7.89. The summed E-state index contributed by atoms with van der Waals surface area (Å²) in [5.41, 5.74) is 7.20. The number of nitrogens with two attached hydrogens (primary N) is 2. The Labute approximate surface area is 108 Å². The van der Waals surface area contributed by atoms with Crippen LogP contribution in [-0.2, 0) is 10.0 Å². The lowest BCUT2D eigenvalue weighted by molar-refractivity contribution is 0.418. The molecule has 100 valence electrons. The second-order valence-electron chi connectivity index (χ2n) is 5.60. The summed E-state index contributed by atoms with van der Waals surface area (Å²) >= 11 is 0. The number of nitrogens with zero attached hydrogens (tertiary/aromatic N) is 1. The van der Waals surface area contributed by atoms with E-state index < -0.39 is 10.0 Å². The molecule has 0 amide bonds. The number of primary sulfonamides is 1. The van der Waals surface area contributed by atoms with Gasteiger partial charge in [0, 0.05) is 18.8 Å². The third-order valence-electron chi connectivity index (χ3n) is 3.34. The van der Waals surface area contributed by atoms with Crippen molar-refractivity contribution in [2.45, 2.75) is 25.2 Å². The van der Waals surface area contributed by atoms with Crippen LogP contribution in [0.15, 0.2) is 23.1 Å². The molecule has 0 aromatic heterocycles. The van der Waals surface area contributed by atoms with Gasteiger partial charge in [0.15, 0.2) is 0 Å². The highest BCUT2D eigenvalue weighted by Gasteiger charge is 2.29. The molecule has 1 aliphatic heterocycles. The van der Waals surface area contributed by atoms with Crippen molar-refractivity contribution in [2.75, 3.05) is 23.7 Å². The summed E-state index contributed by atoms with van der Waals surface area (Å²) in [6.45, 7) is 6.34. The Hall–Kier alpha value is -1.27. The maximum absolute atomic E-state index is 11.3. The van der Waals surface area contributed by atoms with Crippen molar-refractivity contribution >= 4 is 21.4 Å². The van der Waals surface area contributed by atoms with E-state index in [1.54, 1.807) is 12.1 Å². The van der Waals surface area contributed by atoms with E-state index in [2.05, 4.69) is 18.7 Å². The van der Waals surface area contributed by atoms with Gasteiger partial charge in [-0.25, -0.2) is 13.6 Å². The van der Waals surface area contributed by atoms with Crippen LogP contribution in [0.1, 0.15) is 20.3 Å². The molecule has 0 bridgehead atoms. The molecule has 1 heterocycles. The van der Waals surface area contributed by atoms with E-state index in [0.717, 1.165) is 25.2 Å². The summed E-state index contributed by atoms with van der Waals surface area (Å²) in [6, 6.07) is 4.92. The normalized spacial score (nSPS) is 19.2. The third-order valence-corrected chi connectivity index (χ3v) is 4.33. The minimum Gasteiger partial charge on any atom is -0.398 e. The van der Waals surface area contributed by atoms with Crippen molar-refractivity contribution in [1.29, 1.82) is 0 Å². The molecule has 1 saturated heterocycles. The van der Waals surface area contributed by atoms with E-state index >= 15 is 0 Å². The first-order valence-corrected chi connectivity index (χ1v) is 7.41. The summed E-state index contributed by atoms with van der Waals surface area (Å²) in [6.07, 6.45) is 1.11. The number of hydrogen-bond acceptors (Lipinski definition) is 4. The molecule has 0 aliphatic carbocycles. The third kappa shape index (κ3) is 2.59. The molecular formula is C12H19N3O2S. The SMILES string of the molecule is CC1(C)CCN(c2ccc(S(N)(=O)=O)c(N)c2)C1. The molecule has 0 atom stereocenters. The molecule has 4 N–H and O–H groups in total. The minimum atomic E-state index is -3.74. The standard InChI is InChI=1S/C12H19N3O2S/c1-12(2)5-6-15(8-12)9-3-4-11(10(13)7-9)18(14,16)17/h3-4,7H,5-6,8,13H2,1-2H3,(H2,14,16,17). The van der Waals surface area contributed by atoms with Crippen molar-refractivity contribution in [3.05, 3.63) is 18.2 Å². The van der Waals surface area contributed by atoms with Gasteiger partial charge in [0.05, 0.1) is 5.69 Å². The maximum Gasteiger partial charge on any atom is 0.240 e. The van der Waals surface area contributed by atoms with E-state index in [1.807, 2.05) is 0 Å². The monoisotopic (exact) mass is 269 g/mol. The number of rotatable bonds is 2. The second-order valence-corrected chi connectivity index (χ2v) is 7.13. The van der Waals surface area contributed by atoms with Gasteiger partial charge in [0.2, 0.25) is 10.0 Å². The summed E-state index contributed by atoms with van der Waals surface area (Å²) in [4.78, 5) is 2.20. The molecule has 1 aromatic carbocycles. The Morgan fingerprint density at radius 2 is 2.00 bits per heavy atom. The number of sulfonamides is 1. The molecular weight excluding hydrogens is 250 g/mol. The van der Waals surface area contributed by atoms with E-state index in [1.165, 1.54) is 6.07 Å². The van der Waals surface area contributed by atoms with Crippen molar-refractivity contribution in [3.8, 4) is 0 Å². The molecule has 1 fully saturated rings. The summed E-state index contributed by atoms with van der Waals surface area (Å²) < 4.78 is 22.5. The van der Waals surface area contributed by atoms with Crippen molar-refractivity contribution in [1.82, 2.24) is 0 Å². The van der Waals surface area contributed by atoms with E-state index in [0.29, 0.717) is 0 Å². The number of nitrogen functional groups attached to an aromatic ring is 1. The van der Waals surface area contributed by atoms with Crippen LogP contribution in [0, 0.1) is 5.41 Å². The zero-order valence-corrected chi connectivity index (χ0v) is 11.5. The van der Waals surface area contributed by atoms with Crippen molar-refractivity contribution in [3.63, 3.8) is 0 Å². The van der Waals surface area contributed by atoms with Crippen LogP contribution in [0.5, 0.6) is 0 Å². The Kier molecular flexibility index (Phi) is 3.03. The molecule has 0 saturated carbocycles. The number of benzene rings is 1. The molecule has 2 rings (SSSR count). The molecule has 1 aromatic rings. The first kappa shape index (κ1) is 13.2. The lowest BCUT2D eigenvalue weighted by atomic mass is 9.93. The van der Waals surface area contributed by atoms with Crippen molar-refractivity contribution < 1.29 is 8.42 Å². The molecule has 5 nitrogen and oxygen atoms in total. The predicted molar refractivity (Wildman–Crippen MR) is 72.8 cm³/mol. The zero-order valence-electron chi connectivity index (χ0n) is 10.7. The number of hydrogen-bond donors (Lipinski definition) is 2. The molecule has 18 heavy (non-hydrogen) atoms. The van der Waals surface area contributed by atoms with Gasteiger partial charge in [0.25, 0.3) is 0 Å². The lowest BCUT2D eigenvalue weighted by Crippen LogP contribution is -2.23. The van der Waals surface area contributed by atoms with Crippen LogP contribution < -0.4 is 15.8 Å². The topological polar surface area (TPSA) is 89.4 Å².